The Morgan fingerprint density at radius 2 is 2.05 bits per heavy atom. The molecule has 3 heterocycles. The molecule has 0 saturated carbocycles. The number of carbonyl (C=O) groups is 1. The number of nitrogens with zero attached hydrogens (tertiary/aromatic N) is 4. The maximum absolute atomic E-state index is 12.1. The molecule has 2 atom stereocenters. The second-order valence-corrected chi connectivity index (χ2v) is 6.32. The van der Waals surface area contributed by atoms with E-state index in [1.54, 1.807) is 0 Å². The monoisotopic (exact) mass is 290 g/mol. The van der Waals surface area contributed by atoms with E-state index in [0.29, 0.717) is 5.92 Å². The van der Waals surface area contributed by atoms with Crippen LogP contribution in [0.4, 0.5) is 5.95 Å². The Morgan fingerprint density at radius 1 is 1.33 bits per heavy atom. The van der Waals surface area contributed by atoms with Crippen molar-refractivity contribution in [2.45, 2.75) is 32.9 Å². The molecule has 0 bridgehead atoms. The fourth-order valence-electron chi connectivity index (χ4n) is 3.01. The molecular formula is C15H22N4O2. The molecule has 21 heavy (non-hydrogen) atoms. The van der Waals surface area contributed by atoms with Crippen LogP contribution in [-0.2, 0) is 9.53 Å². The molecule has 2 saturated heterocycles. The number of carbonyl (C=O) groups excluding carboxylic acids is 1. The van der Waals surface area contributed by atoms with Gasteiger partial charge in [0.25, 0.3) is 0 Å². The lowest BCUT2D eigenvalue weighted by Crippen LogP contribution is -2.55. The van der Waals surface area contributed by atoms with E-state index >= 15 is 0 Å². The predicted molar refractivity (Wildman–Crippen MR) is 79.1 cm³/mol. The van der Waals surface area contributed by atoms with E-state index in [1.807, 2.05) is 24.2 Å². The van der Waals surface area contributed by atoms with E-state index in [1.165, 1.54) is 0 Å². The maximum atomic E-state index is 12.1. The Labute approximate surface area is 125 Å². The number of ether oxygens (including phenoxy) is 1. The van der Waals surface area contributed by atoms with Crippen molar-refractivity contribution in [2.75, 3.05) is 31.1 Å². The zero-order valence-electron chi connectivity index (χ0n) is 12.8. The van der Waals surface area contributed by atoms with Gasteiger partial charge >= 0.3 is 0 Å². The molecule has 114 valence electrons. The summed E-state index contributed by atoms with van der Waals surface area (Å²) in [4.78, 5) is 25.0. The van der Waals surface area contributed by atoms with Crippen LogP contribution in [0.15, 0.2) is 12.4 Å². The summed E-state index contributed by atoms with van der Waals surface area (Å²) in [5.41, 5.74) is 1.04. The molecule has 2 aliphatic heterocycles. The summed E-state index contributed by atoms with van der Waals surface area (Å²) < 4.78 is 5.71. The quantitative estimate of drug-likeness (QED) is 0.826. The highest BCUT2D eigenvalue weighted by atomic mass is 16.5. The summed E-state index contributed by atoms with van der Waals surface area (Å²) >= 11 is 0. The molecule has 2 fully saturated rings. The Balaban J connectivity index is 1.76. The fraction of sp³-hybridized carbons (Fsp3) is 0.667. The van der Waals surface area contributed by atoms with E-state index in [2.05, 4.69) is 28.7 Å². The molecule has 1 aromatic rings. The van der Waals surface area contributed by atoms with Gasteiger partial charge in [-0.2, -0.15) is 0 Å². The van der Waals surface area contributed by atoms with Crippen molar-refractivity contribution in [2.24, 2.45) is 5.92 Å². The van der Waals surface area contributed by atoms with Crippen molar-refractivity contribution < 1.29 is 9.53 Å². The first-order valence-electron chi connectivity index (χ1n) is 7.49. The topological polar surface area (TPSA) is 58.6 Å². The highest BCUT2D eigenvalue weighted by Gasteiger charge is 2.43. The Hall–Kier alpha value is -1.69. The van der Waals surface area contributed by atoms with Gasteiger partial charge in [-0.05, 0) is 18.4 Å². The molecule has 0 aliphatic carbocycles. The van der Waals surface area contributed by atoms with Crippen molar-refractivity contribution in [1.82, 2.24) is 14.9 Å². The van der Waals surface area contributed by atoms with Crippen LogP contribution in [0.2, 0.25) is 0 Å². The van der Waals surface area contributed by atoms with E-state index < -0.39 is 0 Å². The lowest BCUT2D eigenvalue weighted by atomic mass is 10.1. The third-order valence-corrected chi connectivity index (χ3v) is 3.99. The molecule has 2 aliphatic rings. The van der Waals surface area contributed by atoms with Gasteiger partial charge in [-0.25, -0.2) is 9.97 Å². The minimum Gasteiger partial charge on any atom is -0.364 e. The Kier molecular flexibility index (Phi) is 3.80. The SMILES string of the molecule is Cc1cnc(N2C[C@@H]3[C@@H](C2)OCC(=O)N3CC(C)C)nc1. The number of fused-ring (bicyclic) bond motifs is 1. The van der Waals surface area contributed by atoms with Crippen molar-refractivity contribution in [3.05, 3.63) is 18.0 Å². The van der Waals surface area contributed by atoms with E-state index in [4.69, 9.17) is 4.74 Å². The second-order valence-electron chi connectivity index (χ2n) is 6.32. The molecule has 0 radical (unpaired) electrons. The molecule has 0 aromatic carbocycles. The summed E-state index contributed by atoms with van der Waals surface area (Å²) in [6.45, 7) is 8.70. The van der Waals surface area contributed by atoms with Crippen LogP contribution in [-0.4, -0.2) is 59.2 Å². The van der Waals surface area contributed by atoms with Crippen molar-refractivity contribution in [3.63, 3.8) is 0 Å². The Bertz CT molecular complexity index is 517. The second kappa shape index (κ2) is 5.60. The van der Waals surface area contributed by atoms with Crippen molar-refractivity contribution >= 4 is 11.9 Å². The van der Waals surface area contributed by atoms with Crippen LogP contribution in [0, 0.1) is 12.8 Å². The van der Waals surface area contributed by atoms with Crippen LogP contribution in [0.3, 0.4) is 0 Å². The van der Waals surface area contributed by atoms with Gasteiger partial charge in [0.05, 0.1) is 12.1 Å². The highest BCUT2D eigenvalue weighted by Crippen LogP contribution is 2.26. The molecule has 0 N–H and O–H groups in total. The molecule has 0 spiro atoms. The molecule has 6 nitrogen and oxygen atoms in total. The number of hydrogen-bond acceptors (Lipinski definition) is 5. The number of hydrogen-bond donors (Lipinski definition) is 0. The van der Waals surface area contributed by atoms with E-state index in [0.717, 1.165) is 31.1 Å². The van der Waals surface area contributed by atoms with Crippen LogP contribution in [0.25, 0.3) is 0 Å². The summed E-state index contributed by atoms with van der Waals surface area (Å²) in [6, 6.07) is 0.110. The summed E-state index contributed by atoms with van der Waals surface area (Å²) in [5, 5.41) is 0. The fourth-order valence-corrected chi connectivity index (χ4v) is 3.01. The minimum absolute atomic E-state index is 0.0614. The zero-order chi connectivity index (χ0) is 15.0. The van der Waals surface area contributed by atoms with Gasteiger partial charge < -0.3 is 14.5 Å². The van der Waals surface area contributed by atoms with E-state index in [-0.39, 0.29) is 24.7 Å². The smallest absolute Gasteiger partial charge is 0.248 e. The van der Waals surface area contributed by atoms with Gasteiger partial charge in [0.2, 0.25) is 11.9 Å². The first-order valence-corrected chi connectivity index (χ1v) is 7.49. The zero-order valence-corrected chi connectivity index (χ0v) is 12.8. The number of aryl methyl sites for hydroxylation is 1. The van der Waals surface area contributed by atoms with E-state index in [9.17, 15) is 4.79 Å². The molecule has 0 unspecified atom stereocenters. The molecule has 3 rings (SSSR count). The minimum atomic E-state index is 0.0614. The third kappa shape index (κ3) is 2.85. The van der Waals surface area contributed by atoms with Gasteiger partial charge in [-0.1, -0.05) is 13.8 Å². The Morgan fingerprint density at radius 3 is 2.71 bits per heavy atom. The van der Waals surface area contributed by atoms with Gasteiger partial charge in [-0.15, -0.1) is 0 Å². The maximum Gasteiger partial charge on any atom is 0.248 e. The number of anilines is 1. The average molecular weight is 290 g/mol. The molecule has 6 heteroatoms. The normalized spacial score (nSPS) is 25.6. The lowest BCUT2D eigenvalue weighted by molar-refractivity contribution is -0.153. The first-order chi connectivity index (χ1) is 10.0. The standard InChI is InChI=1S/C15H22N4O2/c1-10(2)6-19-12-7-18(8-13(12)21-9-14(19)20)15-16-4-11(3)5-17-15/h4-5,10,12-13H,6-9H2,1-3H3/t12-,13-/m1/s1. The molecule has 1 amide bonds. The van der Waals surface area contributed by atoms with Crippen LogP contribution in [0.1, 0.15) is 19.4 Å². The first kappa shape index (κ1) is 14.3. The van der Waals surface area contributed by atoms with Gasteiger partial charge in [0, 0.05) is 32.0 Å². The largest absolute Gasteiger partial charge is 0.364 e. The van der Waals surface area contributed by atoms with Gasteiger partial charge in [-0.3, -0.25) is 4.79 Å². The van der Waals surface area contributed by atoms with Crippen LogP contribution < -0.4 is 4.90 Å². The van der Waals surface area contributed by atoms with Gasteiger partial charge in [0.1, 0.15) is 6.61 Å². The van der Waals surface area contributed by atoms with Gasteiger partial charge in [0.15, 0.2) is 0 Å². The number of aromatic nitrogens is 2. The van der Waals surface area contributed by atoms with Crippen molar-refractivity contribution in [3.8, 4) is 0 Å². The summed E-state index contributed by atoms with van der Waals surface area (Å²) in [5.74, 6) is 1.27. The van der Waals surface area contributed by atoms with Crippen molar-refractivity contribution in [1.29, 1.82) is 0 Å². The predicted octanol–water partition coefficient (Wildman–Crippen LogP) is 0.857. The lowest BCUT2D eigenvalue weighted by Gasteiger charge is -2.37. The molecule has 1 aromatic heterocycles. The van der Waals surface area contributed by atoms with Crippen LogP contribution >= 0.6 is 0 Å². The average Bonchev–Trinajstić information content (AvgIpc) is 2.87. The number of amides is 1. The summed E-state index contributed by atoms with van der Waals surface area (Å²) in [6.07, 6.45) is 3.70. The summed E-state index contributed by atoms with van der Waals surface area (Å²) in [7, 11) is 0. The number of rotatable bonds is 3. The molecular weight excluding hydrogens is 268 g/mol. The van der Waals surface area contributed by atoms with Crippen LogP contribution in [0.5, 0.6) is 0 Å². The highest BCUT2D eigenvalue weighted by molar-refractivity contribution is 5.79. The number of morpholine rings is 1. The third-order valence-electron chi connectivity index (χ3n) is 3.99.